The smallest absolute Gasteiger partial charge is 0.111 e. The van der Waals surface area contributed by atoms with Gasteiger partial charge in [0.1, 0.15) is 5.82 Å². The van der Waals surface area contributed by atoms with Gasteiger partial charge in [0, 0.05) is 18.7 Å². The summed E-state index contributed by atoms with van der Waals surface area (Å²) in [6, 6.07) is 0. The van der Waals surface area contributed by atoms with Gasteiger partial charge in [0.2, 0.25) is 0 Å². The van der Waals surface area contributed by atoms with Crippen LogP contribution in [0.15, 0.2) is 6.20 Å². The van der Waals surface area contributed by atoms with Gasteiger partial charge in [-0.15, -0.1) is 0 Å². The van der Waals surface area contributed by atoms with Gasteiger partial charge in [-0.25, -0.2) is 4.98 Å². The molecule has 0 radical (unpaired) electrons. The average molecular weight is 307 g/mol. The minimum Gasteiger partial charge on any atom is -0.335 e. The molecule has 0 spiro atoms. The molecule has 0 aromatic carbocycles. The van der Waals surface area contributed by atoms with Crippen LogP contribution in [0.1, 0.15) is 116 Å². The summed E-state index contributed by atoms with van der Waals surface area (Å²) < 4.78 is 2.35. The van der Waals surface area contributed by atoms with Crippen molar-refractivity contribution in [2.75, 3.05) is 0 Å². The van der Waals surface area contributed by atoms with Crippen LogP contribution in [-0.2, 0) is 6.54 Å². The lowest BCUT2D eigenvalue weighted by Crippen LogP contribution is -2.05. The van der Waals surface area contributed by atoms with E-state index in [1.807, 2.05) is 0 Å². The van der Waals surface area contributed by atoms with Crippen LogP contribution in [0.25, 0.3) is 0 Å². The summed E-state index contributed by atoms with van der Waals surface area (Å²) in [5.74, 6) is 2.42. The summed E-state index contributed by atoms with van der Waals surface area (Å²) >= 11 is 0. The van der Waals surface area contributed by atoms with Crippen molar-refractivity contribution in [1.82, 2.24) is 9.55 Å². The first-order chi connectivity index (χ1) is 10.6. The number of hydrogen-bond donors (Lipinski definition) is 0. The van der Waals surface area contributed by atoms with Crippen molar-refractivity contribution in [3.8, 4) is 0 Å². The van der Waals surface area contributed by atoms with Crippen LogP contribution < -0.4 is 0 Å². The van der Waals surface area contributed by atoms with E-state index < -0.39 is 0 Å². The largest absolute Gasteiger partial charge is 0.335 e. The fraction of sp³-hybridized carbons (Fsp3) is 0.850. The van der Waals surface area contributed by atoms with Gasteiger partial charge in [0.15, 0.2) is 0 Å². The minimum absolute atomic E-state index is 0.530. The summed E-state index contributed by atoms with van der Waals surface area (Å²) in [4.78, 5) is 4.89. The second kappa shape index (κ2) is 10.9. The van der Waals surface area contributed by atoms with Gasteiger partial charge >= 0.3 is 0 Å². The molecule has 128 valence electrons. The molecule has 1 unspecified atom stereocenters. The predicted octanol–water partition coefficient (Wildman–Crippen LogP) is 6.66. The molecule has 2 heteroatoms. The Morgan fingerprint density at radius 3 is 2.05 bits per heavy atom. The molecule has 1 rings (SSSR count). The van der Waals surface area contributed by atoms with Gasteiger partial charge < -0.3 is 4.57 Å². The van der Waals surface area contributed by atoms with Crippen molar-refractivity contribution in [1.29, 1.82) is 0 Å². The molecular formula is C20H38N2. The highest BCUT2D eigenvalue weighted by atomic mass is 15.1. The number of aromatic nitrogens is 2. The van der Waals surface area contributed by atoms with Gasteiger partial charge in [-0.2, -0.15) is 0 Å². The van der Waals surface area contributed by atoms with Gasteiger partial charge in [-0.3, -0.25) is 0 Å². The van der Waals surface area contributed by atoms with Crippen LogP contribution in [0, 0.1) is 0 Å². The molecule has 0 bridgehead atoms. The van der Waals surface area contributed by atoms with Crippen LogP contribution in [0.3, 0.4) is 0 Å². The minimum atomic E-state index is 0.530. The van der Waals surface area contributed by atoms with Crippen LogP contribution in [0.2, 0.25) is 0 Å². The summed E-state index contributed by atoms with van der Waals surface area (Å²) in [6.07, 6.45) is 14.7. The van der Waals surface area contributed by atoms with E-state index in [1.54, 1.807) is 0 Å². The molecule has 0 fully saturated rings. The number of unbranched alkanes of at least 4 members (excludes halogenated alkanes) is 7. The van der Waals surface area contributed by atoms with Crippen molar-refractivity contribution in [3.05, 3.63) is 17.7 Å². The van der Waals surface area contributed by atoms with E-state index in [0.717, 1.165) is 6.54 Å². The van der Waals surface area contributed by atoms with E-state index in [1.165, 1.54) is 69.3 Å². The number of imidazole rings is 1. The molecule has 0 amide bonds. The first-order valence-corrected chi connectivity index (χ1v) is 9.67. The highest BCUT2D eigenvalue weighted by Gasteiger charge is 2.15. The molecule has 1 aromatic heterocycles. The van der Waals surface area contributed by atoms with E-state index in [0.29, 0.717) is 11.8 Å². The zero-order valence-corrected chi connectivity index (χ0v) is 15.7. The molecule has 0 aliphatic carbocycles. The van der Waals surface area contributed by atoms with Gasteiger partial charge in [0.05, 0.1) is 5.69 Å². The van der Waals surface area contributed by atoms with Crippen molar-refractivity contribution in [3.63, 3.8) is 0 Å². The second-order valence-electron chi connectivity index (χ2n) is 7.13. The summed E-state index contributed by atoms with van der Waals surface area (Å²) in [7, 11) is 0. The lowest BCUT2D eigenvalue weighted by molar-refractivity contribution is 0.521. The lowest BCUT2D eigenvalue weighted by Gasteiger charge is -2.12. The fourth-order valence-electron chi connectivity index (χ4n) is 3.09. The van der Waals surface area contributed by atoms with E-state index in [9.17, 15) is 0 Å². The SMILES string of the molecule is CCCCCCCCCCC(C)c1nc(C(C)C)cn1CC. The molecule has 0 saturated carbocycles. The van der Waals surface area contributed by atoms with Crippen molar-refractivity contribution >= 4 is 0 Å². The maximum atomic E-state index is 4.89. The monoisotopic (exact) mass is 306 g/mol. The number of aryl methyl sites for hydroxylation is 1. The Morgan fingerprint density at radius 2 is 1.50 bits per heavy atom. The molecule has 0 aliphatic heterocycles. The second-order valence-corrected chi connectivity index (χ2v) is 7.13. The van der Waals surface area contributed by atoms with Gasteiger partial charge in [-0.05, 0) is 19.3 Å². The van der Waals surface area contributed by atoms with E-state index in [-0.39, 0.29) is 0 Å². The first-order valence-electron chi connectivity index (χ1n) is 9.67. The predicted molar refractivity (Wildman–Crippen MR) is 97.6 cm³/mol. The highest BCUT2D eigenvalue weighted by Crippen LogP contribution is 2.24. The number of nitrogens with zero attached hydrogens (tertiary/aromatic N) is 2. The lowest BCUT2D eigenvalue weighted by atomic mass is 10.0. The molecule has 1 aromatic rings. The third-order valence-corrected chi connectivity index (χ3v) is 4.69. The fourth-order valence-corrected chi connectivity index (χ4v) is 3.09. The average Bonchev–Trinajstić information content (AvgIpc) is 2.94. The molecule has 2 nitrogen and oxygen atoms in total. The van der Waals surface area contributed by atoms with Crippen molar-refractivity contribution in [2.24, 2.45) is 0 Å². The molecular weight excluding hydrogens is 268 g/mol. The summed E-state index contributed by atoms with van der Waals surface area (Å²) in [5, 5.41) is 0. The Bertz CT molecular complexity index is 392. The zero-order valence-electron chi connectivity index (χ0n) is 15.7. The third-order valence-electron chi connectivity index (χ3n) is 4.69. The molecule has 22 heavy (non-hydrogen) atoms. The van der Waals surface area contributed by atoms with Crippen LogP contribution >= 0.6 is 0 Å². The van der Waals surface area contributed by atoms with E-state index >= 15 is 0 Å². The zero-order chi connectivity index (χ0) is 16.4. The number of hydrogen-bond acceptors (Lipinski definition) is 1. The van der Waals surface area contributed by atoms with Crippen LogP contribution in [0.4, 0.5) is 0 Å². The van der Waals surface area contributed by atoms with Gasteiger partial charge in [-0.1, -0.05) is 79.1 Å². The molecule has 0 aliphatic rings. The van der Waals surface area contributed by atoms with Crippen molar-refractivity contribution in [2.45, 2.75) is 111 Å². The Morgan fingerprint density at radius 1 is 0.909 bits per heavy atom. The third kappa shape index (κ3) is 6.54. The number of rotatable bonds is 12. The Hall–Kier alpha value is -0.790. The summed E-state index contributed by atoms with van der Waals surface area (Å²) in [5.41, 5.74) is 1.25. The normalized spacial score (nSPS) is 13.0. The standard InChI is InChI=1S/C20H38N2/c1-6-8-9-10-11-12-13-14-15-18(5)20-21-19(17(3)4)16-22(20)7-2/h16-18H,6-15H2,1-5H3. The maximum absolute atomic E-state index is 4.89. The molecule has 0 N–H and O–H groups in total. The maximum Gasteiger partial charge on any atom is 0.111 e. The van der Waals surface area contributed by atoms with E-state index in [2.05, 4.69) is 45.4 Å². The molecule has 1 heterocycles. The van der Waals surface area contributed by atoms with Crippen LogP contribution in [-0.4, -0.2) is 9.55 Å². The quantitative estimate of drug-likeness (QED) is 0.395. The Balaban J connectivity index is 2.29. The molecule has 1 atom stereocenters. The molecule has 0 saturated heterocycles. The van der Waals surface area contributed by atoms with E-state index in [4.69, 9.17) is 4.98 Å². The van der Waals surface area contributed by atoms with Crippen molar-refractivity contribution < 1.29 is 0 Å². The summed E-state index contributed by atoms with van der Waals surface area (Å²) in [6.45, 7) is 12.4. The Labute approximate surface area is 138 Å². The topological polar surface area (TPSA) is 17.8 Å². The van der Waals surface area contributed by atoms with Gasteiger partial charge in [0.25, 0.3) is 0 Å². The van der Waals surface area contributed by atoms with Crippen LogP contribution in [0.5, 0.6) is 0 Å². The first kappa shape index (κ1) is 19.3. The highest BCUT2D eigenvalue weighted by molar-refractivity contribution is 5.11. The Kier molecular flexibility index (Phi) is 9.50.